The number of alkyl halides is 3. The standard InChI is InChI=1S/C15H16F3N5O4S.C14H9Cl2NO5/c1-9-19-12(22-14(20-9)27-2)21-13(24)23-28(25,26)11-6-4-3-5-10(11)7-8-15(16,17)18;1-21-14(18)10-7-9(3-4-12(10)17(19)20)22-13-5-2-8(15)6-11(13)16/h3-6H,7-8H2,1-2H3,(H2,19,20,21,22,23,24);2-7H,1H3. The molecule has 4 aromatic rings. The number of benzene rings is 3. The molecule has 2 N–H and O–H groups in total. The molecular formula is C29H25Cl2F3N6O9S. The Morgan fingerprint density at radius 3 is 2.32 bits per heavy atom. The Morgan fingerprint density at radius 2 is 1.70 bits per heavy atom. The van der Waals surface area contributed by atoms with Gasteiger partial charge in [0, 0.05) is 23.6 Å². The average molecular weight is 762 g/mol. The van der Waals surface area contributed by atoms with Crippen molar-refractivity contribution in [1.82, 2.24) is 19.7 Å². The van der Waals surface area contributed by atoms with Gasteiger partial charge in [0.15, 0.2) is 0 Å². The van der Waals surface area contributed by atoms with Crippen LogP contribution in [0.15, 0.2) is 65.6 Å². The molecule has 15 nitrogen and oxygen atoms in total. The number of ether oxygens (including phenoxy) is 3. The largest absolute Gasteiger partial charge is 0.467 e. The zero-order valence-corrected chi connectivity index (χ0v) is 28.3. The maximum atomic E-state index is 12.5. The average Bonchev–Trinajstić information content (AvgIpc) is 3.04. The van der Waals surface area contributed by atoms with E-state index < -0.39 is 50.9 Å². The highest BCUT2D eigenvalue weighted by atomic mass is 35.5. The molecule has 50 heavy (non-hydrogen) atoms. The summed E-state index contributed by atoms with van der Waals surface area (Å²) >= 11 is 11.8. The fourth-order valence-corrected chi connectivity index (χ4v) is 5.48. The van der Waals surface area contributed by atoms with Crippen LogP contribution in [0.5, 0.6) is 17.5 Å². The van der Waals surface area contributed by atoms with Crippen molar-refractivity contribution in [2.45, 2.75) is 30.8 Å². The Kier molecular flexibility index (Phi) is 13.2. The van der Waals surface area contributed by atoms with E-state index >= 15 is 0 Å². The van der Waals surface area contributed by atoms with E-state index in [-0.39, 0.29) is 45.4 Å². The predicted octanol–water partition coefficient (Wildman–Crippen LogP) is 6.67. The molecule has 0 saturated heterocycles. The van der Waals surface area contributed by atoms with Gasteiger partial charge in [-0.3, -0.25) is 15.4 Å². The van der Waals surface area contributed by atoms with Gasteiger partial charge in [0.2, 0.25) is 5.95 Å². The number of nitro benzene ring substituents is 1. The number of carbonyl (C=O) groups excluding carboxylic acids is 2. The number of urea groups is 1. The van der Waals surface area contributed by atoms with Crippen molar-refractivity contribution >= 4 is 56.9 Å². The second kappa shape index (κ2) is 16.9. The van der Waals surface area contributed by atoms with Crippen LogP contribution in [0.2, 0.25) is 10.0 Å². The maximum Gasteiger partial charge on any atom is 0.389 e. The van der Waals surface area contributed by atoms with E-state index in [9.17, 15) is 41.3 Å². The van der Waals surface area contributed by atoms with E-state index in [4.69, 9.17) is 32.7 Å². The number of anilines is 1. The molecule has 0 aliphatic rings. The third-order valence-electron chi connectivity index (χ3n) is 5.99. The van der Waals surface area contributed by atoms with Crippen LogP contribution in [0.1, 0.15) is 28.2 Å². The van der Waals surface area contributed by atoms with E-state index in [1.807, 2.05) is 0 Å². The third-order valence-corrected chi connectivity index (χ3v) is 7.96. The SMILES string of the molecule is COC(=O)c1cc(Oc2ccc(Cl)cc2Cl)ccc1[N+](=O)[O-].COc1nc(C)nc(NC(=O)NS(=O)(=O)c2ccccc2CCC(F)(F)F)n1. The molecule has 266 valence electrons. The van der Waals surface area contributed by atoms with Crippen molar-refractivity contribution in [3.8, 4) is 17.5 Å². The summed E-state index contributed by atoms with van der Waals surface area (Å²) in [7, 11) is -2.01. The van der Waals surface area contributed by atoms with E-state index in [2.05, 4.69) is 25.0 Å². The number of aromatic nitrogens is 3. The maximum absolute atomic E-state index is 12.5. The minimum atomic E-state index is -4.45. The first-order valence-corrected chi connectivity index (χ1v) is 15.9. The Bertz CT molecular complexity index is 2000. The lowest BCUT2D eigenvalue weighted by Gasteiger charge is -2.13. The summed E-state index contributed by atoms with van der Waals surface area (Å²) < 4.78 is 78.8. The molecule has 21 heteroatoms. The van der Waals surface area contributed by atoms with Gasteiger partial charge >= 0.3 is 24.2 Å². The number of nitro groups is 1. The number of halogens is 5. The second-order valence-electron chi connectivity index (χ2n) is 9.58. The van der Waals surface area contributed by atoms with Gasteiger partial charge in [-0.1, -0.05) is 41.4 Å². The molecule has 0 saturated carbocycles. The zero-order valence-electron chi connectivity index (χ0n) is 25.9. The summed E-state index contributed by atoms with van der Waals surface area (Å²) in [6.45, 7) is 1.50. The lowest BCUT2D eigenvalue weighted by atomic mass is 10.1. The molecule has 2 amide bonds. The normalized spacial score (nSPS) is 11.0. The summed E-state index contributed by atoms with van der Waals surface area (Å²) in [5.74, 6) is -0.379. The van der Waals surface area contributed by atoms with E-state index in [0.29, 0.717) is 10.8 Å². The number of sulfonamides is 1. The van der Waals surface area contributed by atoms with Gasteiger partial charge in [0.1, 0.15) is 22.9 Å². The fraction of sp³-hybridized carbons (Fsp3) is 0.207. The van der Waals surface area contributed by atoms with Gasteiger partial charge in [0.25, 0.3) is 15.7 Å². The van der Waals surface area contributed by atoms with Gasteiger partial charge in [-0.05, 0) is 49.2 Å². The molecule has 1 heterocycles. The van der Waals surface area contributed by atoms with Gasteiger partial charge in [-0.15, -0.1) is 0 Å². The first-order valence-electron chi connectivity index (χ1n) is 13.7. The van der Waals surface area contributed by atoms with Gasteiger partial charge < -0.3 is 14.2 Å². The first-order chi connectivity index (χ1) is 23.4. The number of nitrogens with one attached hydrogen (secondary N) is 2. The first kappa shape index (κ1) is 39.2. The van der Waals surface area contributed by atoms with Crippen LogP contribution in [-0.2, 0) is 21.2 Å². The molecular weight excluding hydrogens is 736 g/mol. The minimum absolute atomic E-state index is 0.0715. The predicted molar refractivity (Wildman–Crippen MR) is 172 cm³/mol. The van der Waals surface area contributed by atoms with Crippen molar-refractivity contribution in [3.05, 3.63) is 97.8 Å². The van der Waals surface area contributed by atoms with Crippen LogP contribution in [-0.4, -0.2) is 60.7 Å². The van der Waals surface area contributed by atoms with Gasteiger partial charge in [0.05, 0.1) is 29.1 Å². The molecule has 0 bridgehead atoms. The summed E-state index contributed by atoms with van der Waals surface area (Å²) in [6.07, 6.45) is -6.20. The van der Waals surface area contributed by atoms with E-state index in [0.717, 1.165) is 19.2 Å². The number of methoxy groups -OCH3 is 2. The molecule has 0 radical (unpaired) electrons. The number of carbonyl (C=O) groups is 2. The van der Waals surface area contributed by atoms with Crippen LogP contribution in [0.25, 0.3) is 0 Å². The number of hydrogen-bond donors (Lipinski definition) is 2. The molecule has 3 aromatic carbocycles. The Labute approximate surface area is 291 Å². The number of esters is 1. The number of amides is 2. The number of hydrogen-bond acceptors (Lipinski definition) is 12. The van der Waals surface area contributed by atoms with Crippen molar-refractivity contribution in [2.24, 2.45) is 0 Å². The lowest BCUT2D eigenvalue weighted by molar-refractivity contribution is -0.385. The zero-order chi connectivity index (χ0) is 37.2. The number of rotatable bonds is 10. The van der Waals surface area contributed by atoms with Crippen LogP contribution < -0.4 is 19.5 Å². The van der Waals surface area contributed by atoms with Crippen molar-refractivity contribution in [2.75, 3.05) is 19.5 Å². The molecule has 0 aliphatic carbocycles. The van der Waals surface area contributed by atoms with Gasteiger partial charge in [-0.2, -0.15) is 28.1 Å². The smallest absolute Gasteiger partial charge is 0.389 e. The molecule has 0 aliphatic heterocycles. The van der Waals surface area contributed by atoms with Crippen LogP contribution >= 0.6 is 23.2 Å². The van der Waals surface area contributed by atoms with Crippen LogP contribution in [0.4, 0.5) is 29.6 Å². The highest BCUT2D eigenvalue weighted by molar-refractivity contribution is 7.90. The highest BCUT2D eigenvalue weighted by Gasteiger charge is 2.29. The molecule has 4 rings (SSSR count). The second-order valence-corrected chi connectivity index (χ2v) is 12.1. The van der Waals surface area contributed by atoms with E-state index in [1.54, 1.807) is 16.9 Å². The number of nitrogens with zero attached hydrogens (tertiary/aromatic N) is 4. The lowest BCUT2D eigenvalue weighted by Crippen LogP contribution is -2.35. The molecule has 1 aromatic heterocycles. The summed E-state index contributed by atoms with van der Waals surface area (Å²) in [6, 6.07) is 12.2. The minimum Gasteiger partial charge on any atom is -0.467 e. The Hall–Kier alpha value is -5.27. The van der Waals surface area contributed by atoms with Gasteiger partial charge in [-0.25, -0.2) is 22.7 Å². The molecule has 0 atom stereocenters. The fourth-order valence-electron chi connectivity index (χ4n) is 3.85. The topological polar surface area (TPSA) is 202 Å². The summed E-state index contributed by atoms with van der Waals surface area (Å²) in [4.78, 5) is 44.8. The molecule has 0 fully saturated rings. The molecule has 0 unspecified atom stereocenters. The van der Waals surface area contributed by atoms with Crippen molar-refractivity contribution < 1.29 is 50.3 Å². The quantitative estimate of drug-likeness (QED) is 0.0988. The number of aryl methyl sites for hydroxylation is 2. The molecule has 0 spiro atoms. The van der Waals surface area contributed by atoms with E-state index in [1.165, 1.54) is 50.4 Å². The van der Waals surface area contributed by atoms with Crippen LogP contribution in [0.3, 0.4) is 0 Å². The van der Waals surface area contributed by atoms with Crippen molar-refractivity contribution in [1.29, 1.82) is 0 Å². The Morgan fingerprint density at radius 1 is 1.00 bits per heavy atom. The highest BCUT2D eigenvalue weighted by Crippen LogP contribution is 2.33. The summed E-state index contributed by atoms with van der Waals surface area (Å²) in [5, 5.41) is 13.7. The Balaban J connectivity index is 0.000000278. The summed E-state index contributed by atoms with van der Waals surface area (Å²) in [5.41, 5.74) is -0.658. The third kappa shape index (κ3) is 11.4. The monoisotopic (exact) mass is 760 g/mol. The van der Waals surface area contributed by atoms with Crippen molar-refractivity contribution in [3.63, 3.8) is 0 Å². The van der Waals surface area contributed by atoms with Crippen LogP contribution in [0, 0.1) is 17.0 Å².